The minimum absolute atomic E-state index is 0.000938. The molecule has 0 unspecified atom stereocenters. The number of rotatable bonds is 5. The Morgan fingerprint density at radius 3 is 2.76 bits per heavy atom. The van der Waals surface area contributed by atoms with Crippen LogP contribution in [0.5, 0.6) is 0 Å². The number of amides is 2. The van der Waals surface area contributed by atoms with E-state index in [2.05, 4.69) is 16.8 Å². The highest BCUT2D eigenvalue weighted by Crippen LogP contribution is 2.24. The zero-order valence-electron chi connectivity index (χ0n) is 14.1. The minimum atomic E-state index is -0.492. The molecule has 0 radical (unpaired) electrons. The van der Waals surface area contributed by atoms with Gasteiger partial charge in [0, 0.05) is 28.6 Å². The molecule has 132 valence electrons. The lowest BCUT2D eigenvalue weighted by Crippen LogP contribution is -2.49. The number of nitrogens with one attached hydrogen (secondary N) is 1. The second-order valence-electron chi connectivity index (χ2n) is 6.20. The summed E-state index contributed by atoms with van der Waals surface area (Å²) in [6, 6.07) is 8.29. The van der Waals surface area contributed by atoms with E-state index >= 15 is 0 Å². The van der Waals surface area contributed by atoms with Crippen LogP contribution in [-0.4, -0.2) is 29.3 Å². The van der Waals surface area contributed by atoms with E-state index in [1.807, 2.05) is 11.8 Å². The Kier molecular flexibility index (Phi) is 5.76. The monoisotopic (exact) mass is 376 g/mol. The van der Waals surface area contributed by atoms with E-state index < -0.39 is 6.04 Å². The zero-order chi connectivity index (χ0) is 17.8. The third kappa shape index (κ3) is 4.22. The molecule has 1 N–H and O–H groups in total. The maximum absolute atomic E-state index is 12.9. The highest BCUT2D eigenvalue weighted by molar-refractivity contribution is 7.10. The maximum atomic E-state index is 12.9. The molecule has 4 nitrogen and oxygen atoms in total. The Bertz CT molecular complexity index is 757. The lowest BCUT2D eigenvalue weighted by Gasteiger charge is -2.31. The molecule has 0 saturated heterocycles. The van der Waals surface area contributed by atoms with Crippen LogP contribution in [0.25, 0.3) is 0 Å². The van der Waals surface area contributed by atoms with Gasteiger partial charge in [-0.1, -0.05) is 24.9 Å². The van der Waals surface area contributed by atoms with Crippen LogP contribution in [-0.2, 0) is 17.8 Å². The van der Waals surface area contributed by atoms with Gasteiger partial charge in [0.2, 0.25) is 5.91 Å². The predicted molar refractivity (Wildman–Crippen MR) is 101 cm³/mol. The molecule has 25 heavy (non-hydrogen) atoms. The van der Waals surface area contributed by atoms with Gasteiger partial charge in [-0.2, -0.15) is 0 Å². The first-order valence-corrected chi connectivity index (χ1v) is 9.74. The van der Waals surface area contributed by atoms with Crippen LogP contribution in [0.4, 0.5) is 0 Å². The van der Waals surface area contributed by atoms with Crippen molar-refractivity contribution in [2.75, 3.05) is 6.54 Å². The van der Waals surface area contributed by atoms with Gasteiger partial charge in [0.05, 0.1) is 0 Å². The molecule has 0 aliphatic carbocycles. The van der Waals surface area contributed by atoms with Crippen LogP contribution in [0.15, 0.2) is 35.7 Å². The molecule has 0 bridgehead atoms. The Balaban J connectivity index is 1.69. The van der Waals surface area contributed by atoms with Crippen LogP contribution in [0.1, 0.15) is 40.6 Å². The van der Waals surface area contributed by atoms with Crippen LogP contribution in [0.3, 0.4) is 0 Å². The molecule has 1 aliphatic heterocycles. The summed E-state index contributed by atoms with van der Waals surface area (Å²) in [5.41, 5.74) is 1.74. The van der Waals surface area contributed by atoms with Crippen molar-refractivity contribution in [3.8, 4) is 0 Å². The van der Waals surface area contributed by atoms with Crippen molar-refractivity contribution in [3.05, 3.63) is 56.7 Å². The summed E-state index contributed by atoms with van der Waals surface area (Å²) in [6.07, 6.45) is 2.35. The highest BCUT2D eigenvalue weighted by atomic mass is 35.5. The molecule has 1 aromatic heterocycles. The number of carbonyl (C=O) groups is 2. The van der Waals surface area contributed by atoms with E-state index in [-0.39, 0.29) is 11.8 Å². The van der Waals surface area contributed by atoms with Crippen molar-refractivity contribution in [1.29, 1.82) is 0 Å². The van der Waals surface area contributed by atoms with E-state index in [0.717, 1.165) is 12.8 Å². The van der Waals surface area contributed by atoms with Crippen LogP contribution >= 0.6 is 22.9 Å². The standard InChI is InChI=1S/C19H21ClN2O2S/c1-2-3-16(21-18(23)13-4-6-15(20)7-5-13)19(24)22-10-8-17-14(12-22)9-11-25-17/h4-7,9,11,16H,2-3,8,10,12H2,1H3,(H,21,23)/t16-/m1/s1. The van der Waals surface area contributed by atoms with Crippen molar-refractivity contribution < 1.29 is 9.59 Å². The Hall–Kier alpha value is -1.85. The highest BCUT2D eigenvalue weighted by Gasteiger charge is 2.28. The fraction of sp³-hybridized carbons (Fsp3) is 0.368. The van der Waals surface area contributed by atoms with Crippen LogP contribution < -0.4 is 5.32 Å². The van der Waals surface area contributed by atoms with E-state index in [1.54, 1.807) is 35.6 Å². The van der Waals surface area contributed by atoms with Gasteiger partial charge in [0.15, 0.2) is 0 Å². The summed E-state index contributed by atoms with van der Waals surface area (Å²) in [6.45, 7) is 3.36. The average Bonchev–Trinajstić information content (AvgIpc) is 3.09. The van der Waals surface area contributed by atoms with Gasteiger partial charge in [0.1, 0.15) is 6.04 Å². The van der Waals surface area contributed by atoms with Crippen molar-refractivity contribution >= 4 is 34.8 Å². The van der Waals surface area contributed by atoms with E-state index in [1.165, 1.54) is 10.4 Å². The van der Waals surface area contributed by atoms with Crippen molar-refractivity contribution in [3.63, 3.8) is 0 Å². The number of carbonyl (C=O) groups excluding carboxylic acids is 2. The summed E-state index contributed by atoms with van der Waals surface area (Å²) in [5, 5.41) is 5.55. The normalized spacial score (nSPS) is 14.7. The molecule has 1 aromatic carbocycles. The number of thiophene rings is 1. The quantitative estimate of drug-likeness (QED) is 0.860. The van der Waals surface area contributed by atoms with Crippen molar-refractivity contribution in [2.45, 2.75) is 38.8 Å². The first-order chi connectivity index (χ1) is 12.1. The fourth-order valence-corrected chi connectivity index (χ4v) is 4.06. The summed E-state index contributed by atoms with van der Waals surface area (Å²) in [7, 11) is 0. The minimum Gasteiger partial charge on any atom is -0.340 e. The molecule has 3 rings (SSSR count). The zero-order valence-corrected chi connectivity index (χ0v) is 15.7. The summed E-state index contributed by atoms with van der Waals surface area (Å²) in [4.78, 5) is 28.6. The van der Waals surface area contributed by atoms with Gasteiger partial charge in [-0.05, 0) is 54.1 Å². The van der Waals surface area contributed by atoms with Gasteiger partial charge in [-0.25, -0.2) is 0 Å². The molecular formula is C19H21ClN2O2S. The van der Waals surface area contributed by atoms with Crippen molar-refractivity contribution in [2.24, 2.45) is 0 Å². The molecular weight excluding hydrogens is 356 g/mol. The molecule has 0 spiro atoms. The largest absolute Gasteiger partial charge is 0.340 e. The number of halogens is 1. The third-order valence-electron chi connectivity index (χ3n) is 4.41. The third-order valence-corrected chi connectivity index (χ3v) is 5.68. The van der Waals surface area contributed by atoms with Crippen LogP contribution in [0.2, 0.25) is 5.02 Å². The number of fused-ring (bicyclic) bond motifs is 1. The Morgan fingerprint density at radius 2 is 2.04 bits per heavy atom. The van der Waals surface area contributed by atoms with Gasteiger partial charge in [0.25, 0.3) is 5.91 Å². The second kappa shape index (κ2) is 8.02. The van der Waals surface area contributed by atoms with Gasteiger partial charge in [-0.15, -0.1) is 11.3 Å². The van der Waals surface area contributed by atoms with Crippen LogP contribution in [0, 0.1) is 0 Å². The number of hydrogen-bond donors (Lipinski definition) is 1. The first kappa shape index (κ1) is 18.0. The summed E-state index contributed by atoms with van der Waals surface area (Å²) in [5.74, 6) is -0.238. The van der Waals surface area contributed by atoms with E-state index in [0.29, 0.717) is 30.1 Å². The molecule has 2 heterocycles. The SMILES string of the molecule is CCC[C@@H](NC(=O)c1ccc(Cl)cc1)C(=O)N1CCc2sccc2C1. The average molecular weight is 377 g/mol. The maximum Gasteiger partial charge on any atom is 0.251 e. The second-order valence-corrected chi connectivity index (χ2v) is 7.64. The molecule has 2 amide bonds. The first-order valence-electron chi connectivity index (χ1n) is 8.49. The molecule has 0 saturated carbocycles. The Morgan fingerprint density at radius 1 is 1.28 bits per heavy atom. The lowest BCUT2D eigenvalue weighted by molar-refractivity contribution is -0.134. The van der Waals surface area contributed by atoms with Gasteiger partial charge in [-0.3, -0.25) is 9.59 Å². The van der Waals surface area contributed by atoms with E-state index in [9.17, 15) is 9.59 Å². The molecule has 0 fully saturated rings. The van der Waals surface area contributed by atoms with Crippen molar-refractivity contribution in [1.82, 2.24) is 10.2 Å². The molecule has 1 aliphatic rings. The lowest BCUT2D eigenvalue weighted by atomic mass is 10.1. The summed E-state index contributed by atoms with van der Waals surface area (Å²) >= 11 is 7.61. The molecule has 1 atom stereocenters. The smallest absolute Gasteiger partial charge is 0.251 e. The van der Waals surface area contributed by atoms with Gasteiger partial charge >= 0.3 is 0 Å². The fourth-order valence-electron chi connectivity index (χ4n) is 3.05. The topological polar surface area (TPSA) is 49.4 Å². The molecule has 6 heteroatoms. The number of nitrogens with zero attached hydrogens (tertiary/aromatic N) is 1. The Labute approximate surface area is 156 Å². The number of hydrogen-bond acceptors (Lipinski definition) is 3. The predicted octanol–water partition coefficient (Wildman–Crippen LogP) is 3.88. The van der Waals surface area contributed by atoms with E-state index in [4.69, 9.17) is 11.6 Å². The molecule has 2 aromatic rings. The summed E-state index contributed by atoms with van der Waals surface area (Å²) < 4.78 is 0. The van der Waals surface area contributed by atoms with Gasteiger partial charge < -0.3 is 10.2 Å². The number of benzene rings is 1.